The predicted molar refractivity (Wildman–Crippen MR) is 72.7 cm³/mol. The van der Waals surface area contributed by atoms with Gasteiger partial charge in [-0.05, 0) is 33.6 Å². The standard InChI is InChI=1S/C14H26N2O3/c1-12(2,3)19-11(17)16-9-14(18,10-16)13(8-15)6-4-5-7-13/h18H,4-10,15H2,1-3H3. The fourth-order valence-electron chi connectivity index (χ4n) is 3.29. The molecule has 1 aliphatic carbocycles. The van der Waals surface area contributed by atoms with Crippen LogP contribution in [0.3, 0.4) is 0 Å². The van der Waals surface area contributed by atoms with Crippen molar-refractivity contribution < 1.29 is 14.6 Å². The molecule has 110 valence electrons. The molecule has 5 heteroatoms. The first-order valence-electron chi connectivity index (χ1n) is 7.12. The van der Waals surface area contributed by atoms with E-state index in [0.717, 1.165) is 25.7 Å². The van der Waals surface area contributed by atoms with Crippen LogP contribution in [0.5, 0.6) is 0 Å². The minimum atomic E-state index is -0.824. The topological polar surface area (TPSA) is 75.8 Å². The van der Waals surface area contributed by atoms with Gasteiger partial charge < -0.3 is 20.5 Å². The summed E-state index contributed by atoms with van der Waals surface area (Å²) in [5, 5.41) is 10.7. The van der Waals surface area contributed by atoms with E-state index in [-0.39, 0.29) is 11.5 Å². The Balaban J connectivity index is 1.96. The van der Waals surface area contributed by atoms with E-state index in [1.165, 1.54) is 0 Å². The van der Waals surface area contributed by atoms with E-state index in [0.29, 0.717) is 19.6 Å². The fourth-order valence-corrected chi connectivity index (χ4v) is 3.29. The average Bonchev–Trinajstić information content (AvgIpc) is 2.72. The highest BCUT2D eigenvalue weighted by Crippen LogP contribution is 2.49. The monoisotopic (exact) mass is 270 g/mol. The van der Waals surface area contributed by atoms with Gasteiger partial charge in [0.05, 0.1) is 13.1 Å². The van der Waals surface area contributed by atoms with Crippen LogP contribution in [0.15, 0.2) is 0 Å². The van der Waals surface area contributed by atoms with Crippen molar-refractivity contribution in [2.24, 2.45) is 11.1 Å². The van der Waals surface area contributed by atoms with Gasteiger partial charge in [-0.15, -0.1) is 0 Å². The molecule has 2 aliphatic rings. The van der Waals surface area contributed by atoms with Gasteiger partial charge in [0.15, 0.2) is 0 Å². The van der Waals surface area contributed by atoms with Crippen molar-refractivity contribution in [2.75, 3.05) is 19.6 Å². The average molecular weight is 270 g/mol. The van der Waals surface area contributed by atoms with Gasteiger partial charge in [0, 0.05) is 12.0 Å². The highest BCUT2D eigenvalue weighted by atomic mass is 16.6. The lowest BCUT2D eigenvalue weighted by Gasteiger charge is -2.55. The van der Waals surface area contributed by atoms with Gasteiger partial charge >= 0.3 is 6.09 Å². The lowest BCUT2D eigenvalue weighted by molar-refractivity contribution is -0.169. The van der Waals surface area contributed by atoms with Gasteiger partial charge in [-0.2, -0.15) is 0 Å². The van der Waals surface area contributed by atoms with E-state index in [9.17, 15) is 9.90 Å². The molecule has 0 aromatic rings. The van der Waals surface area contributed by atoms with E-state index in [4.69, 9.17) is 10.5 Å². The quantitative estimate of drug-likeness (QED) is 0.797. The minimum Gasteiger partial charge on any atom is -0.444 e. The number of β-amino-alcohol motifs (C(OH)–C–C–N with tert-alkyl or cyclic N) is 1. The number of carbonyl (C=O) groups is 1. The third kappa shape index (κ3) is 2.58. The van der Waals surface area contributed by atoms with E-state index in [1.54, 1.807) is 4.90 Å². The van der Waals surface area contributed by atoms with Crippen LogP contribution in [0.25, 0.3) is 0 Å². The predicted octanol–water partition coefficient (Wildman–Crippen LogP) is 1.49. The zero-order chi connectivity index (χ0) is 14.3. The number of likely N-dealkylation sites (tertiary alicyclic amines) is 1. The lowest BCUT2D eigenvalue weighted by atomic mass is 9.66. The van der Waals surface area contributed by atoms with E-state index in [1.807, 2.05) is 20.8 Å². The van der Waals surface area contributed by atoms with Gasteiger partial charge in [0.1, 0.15) is 11.2 Å². The number of rotatable bonds is 2. The third-order valence-electron chi connectivity index (χ3n) is 4.50. The number of amides is 1. The zero-order valence-corrected chi connectivity index (χ0v) is 12.2. The van der Waals surface area contributed by atoms with Crippen LogP contribution in [0.4, 0.5) is 4.79 Å². The molecule has 3 N–H and O–H groups in total. The summed E-state index contributed by atoms with van der Waals surface area (Å²) >= 11 is 0. The smallest absolute Gasteiger partial charge is 0.410 e. The summed E-state index contributed by atoms with van der Waals surface area (Å²) in [4.78, 5) is 13.5. The van der Waals surface area contributed by atoms with Crippen molar-refractivity contribution in [3.8, 4) is 0 Å². The molecule has 0 bridgehead atoms. The summed E-state index contributed by atoms with van der Waals surface area (Å²) in [6.45, 7) is 6.71. The zero-order valence-electron chi connectivity index (χ0n) is 12.2. The van der Waals surface area contributed by atoms with Gasteiger partial charge in [-0.1, -0.05) is 12.8 Å². The summed E-state index contributed by atoms with van der Waals surface area (Å²) in [7, 11) is 0. The number of aliphatic hydroxyl groups is 1. The normalized spacial score (nSPS) is 25.0. The Morgan fingerprint density at radius 3 is 2.26 bits per heavy atom. The molecule has 2 fully saturated rings. The Kier molecular flexibility index (Phi) is 3.56. The Bertz CT molecular complexity index is 350. The molecule has 1 saturated carbocycles. The molecular formula is C14H26N2O3. The molecule has 0 atom stereocenters. The second kappa shape index (κ2) is 4.63. The summed E-state index contributed by atoms with van der Waals surface area (Å²) in [5.74, 6) is 0. The van der Waals surface area contributed by atoms with Crippen LogP contribution in [0.1, 0.15) is 46.5 Å². The molecule has 1 amide bonds. The van der Waals surface area contributed by atoms with Gasteiger partial charge in [0.25, 0.3) is 0 Å². The highest BCUT2D eigenvalue weighted by Gasteiger charge is 2.58. The summed E-state index contributed by atoms with van der Waals surface area (Å²) in [6, 6.07) is 0. The largest absolute Gasteiger partial charge is 0.444 e. The van der Waals surface area contributed by atoms with Crippen molar-refractivity contribution in [2.45, 2.75) is 57.7 Å². The van der Waals surface area contributed by atoms with Crippen LogP contribution in [0, 0.1) is 5.41 Å². The van der Waals surface area contributed by atoms with E-state index < -0.39 is 11.2 Å². The maximum atomic E-state index is 11.9. The Morgan fingerprint density at radius 2 is 1.84 bits per heavy atom. The molecule has 0 radical (unpaired) electrons. The Labute approximate surface area is 115 Å². The van der Waals surface area contributed by atoms with Gasteiger partial charge in [-0.25, -0.2) is 4.79 Å². The van der Waals surface area contributed by atoms with Crippen LogP contribution < -0.4 is 5.73 Å². The maximum Gasteiger partial charge on any atom is 0.410 e. The number of nitrogens with zero attached hydrogens (tertiary/aromatic N) is 1. The number of carbonyl (C=O) groups excluding carboxylic acids is 1. The van der Waals surface area contributed by atoms with Crippen molar-refractivity contribution >= 4 is 6.09 Å². The second-order valence-corrected chi connectivity index (χ2v) is 7.06. The molecule has 5 nitrogen and oxygen atoms in total. The summed E-state index contributed by atoms with van der Waals surface area (Å²) in [5.41, 5.74) is 4.37. The molecule has 1 saturated heterocycles. The van der Waals surface area contributed by atoms with E-state index >= 15 is 0 Å². The number of nitrogens with two attached hydrogens (primary N) is 1. The highest BCUT2D eigenvalue weighted by molar-refractivity contribution is 5.69. The molecule has 2 rings (SSSR count). The Morgan fingerprint density at radius 1 is 1.32 bits per heavy atom. The van der Waals surface area contributed by atoms with Crippen molar-refractivity contribution in [3.05, 3.63) is 0 Å². The van der Waals surface area contributed by atoms with E-state index in [2.05, 4.69) is 0 Å². The maximum absolute atomic E-state index is 11.9. The Hall–Kier alpha value is -0.810. The molecule has 0 aromatic heterocycles. The third-order valence-corrected chi connectivity index (χ3v) is 4.50. The second-order valence-electron chi connectivity index (χ2n) is 7.06. The van der Waals surface area contributed by atoms with Crippen LogP contribution in [0.2, 0.25) is 0 Å². The van der Waals surface area contributed by atoms with Crippen LogP contribution in [-0.2, 0) is 4.74 Å². The first-order valence-corrected chi connectivity index (χ1v) is 7.12. The summed E-state index contributed by atoms with van der Waals surface area (Å²) in [6.07, 6.45) is 3.81. The SMILES string of the molecule is CC(C)(C)OC(=O)N1CC(O)(C2(CN)CCCC2)C1. The molecule has 0 spiro atoms. The van der Waals surface area contributed by atoms with Crippen molar-refractivity contribution in [1.29, 1.82) is 0 Å². The van der Waals surface area contributed by atoms with Crippen molar-refractivity contribution in [3.63, 3.8) is 0 Å². The van der Waals surface area contributed by atoms with Gasteiger partial charge in [-0.3, -0.25) is 0 Å². The molecule has 0 aromatic carbocycles. The van der Waals surface area contributed by atoms with Gasteiger partial charge in [0.2, 0.25) is 0 Å². The molecular weight excluding hydrogens is 244 g/mol. The molecule has 0 unspecified atom stereocenters. The minimum absolute atomic E-state index is 0.203. The summed E-state index contributed by atoms with van der Waals surface area (Å²) < 4.78 is 5.31. The van der Waals surface area contributed by atoms with Crippen LogP contribution in [-0.4, -0.2) is 46.9 Å². The fraction of sp³-hybridized carbons (Fsp3) is 0.929. The number of hydrogen-bond acceptors (Lipinski definition) is 4. The lowest BCUT2D eigenvalue weighted by Crippen LogP contribution is -2.72. The number of hydrogen-bond donors (Lipinski definition) is 2. The first kappa shape index (κ1) is 14.6. The number of ether oxygens (including phenoxy) is 1. The van der Waals surface area contributed by atoms with Crippen molar-refractivity contribution in [1.82, 2.24) is 4.90 Å². The molecule has 1 heterocycles. The van der Waals surface area contributed by atoms with Crippen LogP contribution >= 0.6 is 0 Å². The molecule has 19 heavy (non-hydrogen) atoms. The first-order chi connectivity index (χ1) is 8.71. The molecule has 1 aliphatic heterocycles.